The van der Waals surface area contributed by atoms with E-state index < -0.39 is 5.85 Å². The summed E-state index contributed by atoms with van der Waals surface area (Å²) >= 11 is 1.59. The van der Waals surface area contributed by atoms with Crippen LogP contribution in [0.1, 0.15) is 6.92 Å². The minimum atomic E-state index is -1.03. The number of rotatable bonds is 4. The molecule has 1 saturated heterocycles. The molecule has 2 aliphatic rings. The Labute approximate surface area is 128 Å². The third-order valence-electron chi connectivity index (χ3n) is 3.16. The Kier molecular flexibility index (Phi) is 4.67. The monoisotopic (exact) mass is 315 g/mol. The van der Waals surface area contributed by atoms with Gasteiger partial charge in [0.2, 0.25) is 5.85 Å². The molecule has 5 nitrogen and oxygen atoms in total. The highest BCUT2D eigenvalue weighted by Gasteiger charge is 2.45. The number of amidine groups is 1. The van der Waals surface area contributed by atoms with Crippen LogP contribution >= 0.6 is 24.2 Å². The molecule has 3 rings (SSSR count). The van der Waals surface area contributed by atoms with Crippen molar-refractivity contribution >= 4 is 35.0 Å². The van der Waals surface area contributed by atoms with Gasteiger partial charge in [-0.1, -0.05) is 11.8 Å². The number of thioether (sulfide) groups is 1. The molecule has 1 unspecified atom stereocenters. The SMILES string of the molecule is CCOc1ccc(NC2(O)CSC3=NCCN32)cc1.Cl. The summed E-state index contributed by atoms with van der Waals surface area (Å²) in [5, 5.41) is 14.8. The standard InChI is InChI=1S/C13H17N3O2S.ClH/c1-2-18-11-5-3-10(4-6-11)15-13(17)9-19-12-14-7-8-16(12)13;/h3-6,15,17H,2,7-9H2,1H3;1H. The number of aliphatic hydroxyl groups is 1. The van der Waals surface area contributed by atoms with Crippen molar-refractivity contribution in [2.24, 2.45) is 4.99 Å². The molecule has 1 aromatic rings. The van der Waals surface area contributed by atoms with E-state index in [4.69, 9.17) is 4.74 Å². The van der Waals surface area contributed by atoms with Crippen LogP contribution in [0.15, 0.2) is 29.3 Å². The predicted molar refractivity (Wildman–Crippen MR) is 84.9 cm³/mol. The van der Waals surface area contributed by atoms with Crippen molar-refractivity contribution in [1.29, 1.82) is 0 Å². The molecule has 0 saturated carbocycles. The quantitative estimate of drug-likeness (QED) is 0.832. The zero-order valence-corrected chi connectivity index (χ0v) is 12.8. The number of nitrogens with zero attached hydrogens (tertiary/aromatic N) is 2. The maximum atomic E-state index is 10.7. The van der Waals surface area contributed by atoms with Crippen LogP contribution in [-0.2, 0) is 0 Å². The molecule has 20 heavy (non-hydrogen) atoms. The molecule has 2 N–H and O–H groups in total. The third-order valence-corrected chi connectivity index (χ3v) is 4.32. The number of benzene rings is 1. The fraction of sp³-hybridized carbons (Fsp3) is 0.462. The van der Waals surface area contributed by atoms with Gasteiger partial charge in [0.05, 0.1) is 18.9 Å². The number of ether oxygens (including phenoxy) is 1. The summed E-state index contributed by atoms with van der Waals surface area (Å²) in [6.07, 6.45) is 0. The van der Waals surface area contributed by atoms with Gasteiger partial charge in [-0.15, -0.1) is 12.4 Å². The lowest BCUT2D eigenvalue weighted by molar-refractivity contribution is -0.00940. The third kappa shape index (κ3) is 2.82. The van der Waals surface area contributed by atoms with Crippen LogP contribution < -0.4 is 10.1 Å². The highest BCUT2D eigenvalue weighted by atomic mass is 35.5. The van der Waals surface area contributed by atoms with Gasteiger partial charge < -0.3 is 20.1 Å². The lowest BCUT2D eigenvalue weighted by Crippen LogP contribution is -2.52. The van der Waals surface area contributed by atoms with Crippen molar-refractivity contribution in [3.05, 3.63) is 24.3 Å². The molecule has 1 aromatic carbocycles. The van der Waals surface area contributed by atoms with Crippen molar-refractivity contribution in [3.8, 4) is 5.75 Å². The number of aliphatic imine (C=N–C) groups is 1. The molecule has 2 aliphatic heterocycles. The molecule has 0 bridgehead atoms. The summed E-state index contributed by atoms with van der Waals surface area (Å²) in [6.45, 7) is 4.14. The topological polar surface area (TPSA) is 57.1 Å². The molecule has 1 atom stereocenters. The second kappa shape index (κ2) is 6.11. The molecule has 1 fully saturated rings. The van der Waals surface area contributed by atoms with Crippen molar-refractivity contribution < 1.29 is 9.84 Å². The van der Waals surface area contributed by atoms with E-state index in [1.54, 1.807) is 11.8 Å². The van der Waals surface area contributed by atoms with Gasteiger partial charge in [0.15, 0.2) is 5.17 Å². The van der Waals surface area contributed by atoms with Gasteiger partial charge >= 0.3 is 0 Å². The first-order valence-corrected chi connectivity index (χ1v) is 7.38. The lowest BCUT2D eigenvalue weighted by Gasteiger charge is -2.33. The van der Waals surface area contributed by atoms with Gasteiger partial charge in [0, 0.05) is 12.2 Å². The number of fused-ring (bicyclic) bond motifs is 1. The smallest absolute Gasteiger partial charge is 0.228 e. The van der Waals surface area contributed by atoms with E-state index >= 15 is 0 Å². The molecular weight excluding hydrogens is 298 g/mol. The van der Waals surface area contributed by atoms with Crippen LogP contribution in [0, 0.1) is 0 Å². The fourth-order valence-corrected chi connectivity index (χ4v) is 3.41. The van der Waals surface area contributed by atoms with Crippen LogP contribution in [0.5, 0.6) is 5.75 Å². The first-order chi connectivity index (χ1) is 9.21. The van der Waals surface area contributed by atoms with E-state index in [-0.39, 0.29) is 12.4 Å². The Hall–Kier alpha value is -1.11. The summed E-state index contributed by atoms with van der Waals surface area (Å²) < 4.78 is 5.40. The normalized spacial score (nSPS) is 23.9. The summed E-state index contributed by atoms with van der Waals surface area (Å²) in [7, 11) is 0. The van der Waals surface area contributed by atoms with E-state index in [2.05, 4.69) is 10.3 Å². The minimum absolute atomic E-state index is 0. The van der Waals surface area contributed by atoms with Crippen molar-refractivity contribution in [2.75, 3.05) is 30.8 Å². The average Bonchev–Trinajstić information content (AvgIpc) is 2.98. The van der Waals surface area contributed by atoms with Crippen LogP contribution in [0.25, 0.3) is 0 Å². The zero-order chi connectivity index (χ0) is 13.3. The Morgan fingerprint density at radius 1 is 1.45 bits per heavy atom. The molecule has 7 heteroatoms. The molecule has 110 valence electrons. The molecule has 0 radical (unpaired) electrons. The van der Waals surface area contributed by atoms with Crippen LogP contribution in [-0.4, -0.2) is 46.5 Å². The van der Waals surface area contributed by atoms with E-state index in [9.17, 15) is 5.11 Å². The van der Waals surface area contributed by atoms with E-state index in [1.807, 2.05) is 36.1 Å². The number of hydrogen-bond acceptors (Lipinski definition) is 6. The first kappa shape index (κ1) is 15.3. The van der Waals surface area contributed by atoms with Crippen LogP contribution in [0.2, 0.25) is 0 Å². The van der Waals surface area contributed by atoms with Crippen LogP contribution in [0.4, 0.5) is 5.69 Å². The number of nitrogens with one attached hydrogen (secondary N) is 1. The van der Waals surface area contributed by atoms with Crippen LogP contribution in [0.3, 0.4) is 0 Å². The van der Waals surface area contributed by atoms with E-state index in [0.717, 1.165) is 29.7 Å². The van der Waals surface area contributed by atoms with Crippen molar-refractivity contribution in [2.45, 2.75) is 12.8 Å². The predicted octanol–water partition coefficient (Wildman–Crippen LogP) is 1.98. The Balaban J connectivity index is 0.00000147. The summed E-state index contributed by atoms with van der Waals surface area (Å²) in [4.78, 5) is 6.28. The molecular formula is C13H18ClN3O2S. The fourth-order valence-electron chi connectivity index (χ4n) is 2.27. The van der Waals surface area contributed by atoms with Gasteiger partial charge in [-0.3, -0.25) is 4.99 Å². The lowest BCUT2D eigenvalue weighted by atomic mass is 10.2. The minimum Gasteiger partial charge on any atom is -0.494 e. The van der Waals surface area contributed by atoms with Gasteiger partial charge in [0.1, 0.15) is 5.75 Å². The molecule has 0 aromatic heterocycles. The second-order valence-electron chi connectivity index (χ2n) is 4.50. The largest absolute Gasteiger partial charge is 0.494 e. The Morgan fingerprint density at radius 3 is 2.90 bits per heavy atom. The van der Waals surface area contributed by atoms with Crippen molar-refractivity contribution in [1.82, 2.24) is 4.90 Å². The van der Waals surface area contributed by atoms with E-state index in [1.165, 1.54) is 0 Å². The molecule has 0 spiro atoms. The number of hydrogen-bond donors (Lipinski definition) is 2. The summed E-state index contributed by atoms with van der Waals surface area (Å²) in [5.74, 6) is 0.385. The van der Waals surface area contributed by atoms with Gasteiger partial charge in [0.25, 0.3) is 0 Å². The number of anilines is 1. The summed E-state index contributed by atoms with van der Waals surface area (Å²) in [6, 6.07) is 7.63. The van der Waals surface area contributed by atoms with Crippen molar-refractivity contribution in [3.63, 3.8) is 0 Å². The molecule has 0 amide bonds. The molecule has 0 aliphatic carbocycles. The van der Waals surface area contributed by atoms with Gasteiger partial charge in [-0.05, 0) is 31.2 Å². The average molecular weight is 316 g/mol. The number of halogens is 1. The highest BCUT2D eigenvalue weighted by molar-refractivity contribution is 8.14. The van der Waals surface area contributed by atoms with E-state index in [0.29, 0.717) is 12.4 Å². The Morgan fingerprint density at radius 2 is 2.20 bits per heavy atom. The maximum Gasteiger partial charge on any atom is 0.228 e. The zero-order valence-electron chi connectivity index (χ0n) is 11.2. The first-order valence-electron chi connectivity index (χ1n) is 6.39. The molecule has 2 heterocycles. The second-order valence-corrected chi connectivity index (χ2v) is 5.45. The summed E-state index contributed by atoms with van der Waals surface area (Å²) in [5.41, 5.74) is 0.875. The Bertz CT molecular complexity index is 497. The highest BCUT2D eigenvalue weighted by Crippen LogP contribution is 2.34. The van der Waals surface area contributed by atoms with Gasteiger partial charge in [-0.2, -0.15) is 0 Å². The van der Waals surface area contributed by atoms with Gasteiger partial charge in [-0.25, -0.2) is 0 Å². The maximum absolute atomic E-state index is 10.7.